The molecule has 0 fully saturated rings. The van der Waals surface area contributed by atoms with E-state index < -0.39 is 0 Å². The molecule has 0 bridgehead atoms. The van der Waals surface area contributed by atoms with Crippen molar-refractivity contribution in [2.45, 2.75) is 39.2 Å². The maximum atomic E-state index is 12.1. The maximum absolute atomic E-state index is 12.1. The molecule has 2 rings (SSSR count). The second kappa shape index (κ2) is 10.1. The highest BCUT2D eigenvalue weighted by atomic mass is 79.9. The molecule has 138 valence electrons. The summed E-state index contributed by atoms with van der Waals surface area (Å²) in [6, 6.07) is 15.0. The van der Waals surface area contributed by atoms with Crippen molar-refractivity contribution in [2.24, 2.45) is 0 Å². The van der Waals surface area contributed by atoms with E-state index in [1.54, 1.807) is 12.1 Å². The molecule has 0 atom stereocenters. The summed E-state index contributed by atoms with van der Waals surface area (Å²) >= 11 is 3.34. The van der Waals surface area contributed by atoms with Gasteiger partial charge in [0.15, 0.2) is 5.78 Å². The minimum atomic E-state index is -0.102. The highest BCUT2D eigenvalue weighted by molar-refractivity contribution is 9.10. The van der Waals surface area contributed by atoms with Crippen molar-refractivity contribution in [3.63, 3.8) is 0 Å². The second-order valence-corrected chi connectivity index (χ2v) is 7.26. The maximum Gasteiger partial charge on any atom is 0.220 e. The second-order valence-electron chi connectivity index (χ2n) is 6.34. The van der Waals surface area contributed by atoms with Crippen LogP contribution in [0, 0.1) is 0 Å². The summed E-state index contributed by atoms with van der Waals surface area (Å²) in [4.78, 5) is 24.0. The Morgan fingerprint density at radius 3 is 2.27 bits per heavy atom. The Hall–Kier alpha value is -2.14. The Labute approximate surface area is 163 Å². The van der Waals surface area contributed by atoms with Crippen molar-refractivity contribution >= 4 is 27.6 Å². The molecule has 0 heterocycles. The third-order valence-corrected chi connectivity index (χ3v) is 4.30. The number of nitrogens with one attached hydrogen (secondary N) is 1. The minimum Gasteiger partial charge on any atom is -0.491 e. The number of carbonyl (C=O) groups excluding carboxylic acids is 2. The summed E-state index contributed by atoms with van der Waals surface area (Å²) in [6.45, 7) is 4.53. The van der Waals surface area contributed by atoms with E-state index >= 15 is 0 Å². The van der Waals surface area contributed by atoms with E-state index in [1.165, 1.54) is 0 Å². The Morgan fingerprint density at radius 1 is 1.00 bits per heavy atom. The van der Waals surface area contributed by atoms with E-state index in [4.69, 9.17) is 4.74 Å². The lowest BCUT2D eigenvalue weighted by molar-refractivity contribution is -0.121. The van der Waals surface area contributed by atoms with Crippen molar-refractivity contribution in [2.75, 3.05) is 6.54 Å². The molecule has 0 radical (unpaired) electrons. The third kappa shape index (κ3) is 7.00. The molecule has 0 unspecified atom stereocenters. The first-order valence-corrected chi connectivity index (χ1v) is 9.54. The van der Waals surface area contributed by atoms with Crippen LogP contribution in [0.25, 0.3) is 0 Å². The molecule has 5 heteroatoms. The van der Waals surface area contributed by atoms with Crippen LogP contribution < -0.4 is 10.1 Å². The van der Waals surface area contributed by atoms with Crippen molar-refractivity contribution in [1.82, 2.24) is 5.32 Å². The fraction of sp³-hybridized carbons (Fsp3) is 0.333. The van der Waals surface area contributed by atoms with E-state index in [2.05, 4.69) is 21.2 Å². The molecule has 26 heavy (non-hydrogen) atoms. The number of carbonyl (C=O) groups is 2. The zero-order valence-electron chi connectivity index (χ0n) is 15.1. The SMILES string of the molecule is CC(C)Oc1ccc(CCNC(=O)CCC(=O)c2ccc(Br)cc2)cc1. The van der Waals surface area contributed by atoms with Gasteiger partial charge in [0.05, 0.1) is 6.10 Å². The van der Waals surface area contributed by atoms with Gasteiger partial charge in [0, 0.05) is 29.4 Å². The normalized spacial score (nSPS) is 10.6. The molecule has 0 aliphatic carbocycles. The van der Waals surface area contributed by atoms with Crippen LogP contribution in [0.3, 0.4) is 0 Å². The Bertz CT molecular complexity index is 724. The number of benzene rings is 2. The lowest BCUT2D eigenvalue weighted by Crippen LogP contribution is -2.26. The molecule has 0 aliphatic heterocycles. The van der Waals surface area contributed by atoms with Gasteiger partial charge in [0.1, 0.15) is 5.75 Å². The van der Waals surface area contributed by atoms with Gasteiger partial charge in [0.25, 0.3) is 0 Å². The van der Waals surface area contributed by atoms with Crippen LogP contribution in [-0.2, 0) is 11.2 Å². The van der Waals surface area contributed by atoms with Gasteiger partial charge in [-0.2, -0.15) is 0 Å². The van der Waals surface area contributed by atoms with Crippen molar-refractivity contribution < 1.29 is 14.3 Å². The van der Waals surface area contributed by atoms with Crippen LogP contribution in [-0.4, -0.2) is 24.3 Å². The average Bonchev–Trinajstić information content (AvgIpc) is 2.61. The number of ether oxygens (including phenoxy) is 1. The summed E-state index contributed by atoms with van der Waals surface area (Å²) in [5.74, 6) is 0.725. The quantitative estimate of drug-likeness (QED) is 0.608. The lowest BCUT2D eigenvalue weighted by atomic mass is 10.1. The number of hydrogen-bond donors (Lipinski definition) is 1. The highest BCUT2D eigenvalue weighted by Gasteiger charge is 2.09. The molecular weight excluding hydrogens is 394 g/mol. The molecule has 0 saturated heterocycles. The number of amides is 1. The zero-order valence-corrected chi connectivity index (χ0v) is 16.7. The summed E-state index contributed by atoms with van der Waals surface area (Å²) in [5.41, 5.74) is 1.76. The smallest absolute Gasteiger partial charge is 0.220 e. The van der Waals surface area contributed by atoms with Crippen molar-refractivity contribution in [3.05, 3.63) is 64.1 Å². The van der Waals surface area contributed by atoms with Crippen LogP contribution in [0.5, 0.6) is 5.75 Å². The average molecular weight is 418 g/mol. The monoisotopic (exact) mass is 417 g/mol. The predicted octanol–water partition coefficient (Wildman–Crippen LogP) is 4.56. The fourth-order valence-electron chi connectivity index (χ4n) is 2.45. The minimum absolute atomic E-state index is 0.0200. The van der Waals surface area contributed by atoms with E-state index in [-0.39, 0.29) is 30.6 Å². The standard InChI is InChI=1S/C21H24BrNO3/c1-15(2)26-19-9-3-16(4-10-19)13-14-23-21(25)12-11-20(24)17-5-7-18(22)8-6-17/h3-10,15H,11-14H2,1-2H3,(H,23,25). The van der Waals surface area contributed by atoms with Gasteiger partial charge in [0.2, 0.25) is 5.91 Å². The lowest BCUT2D eigenvalue weighted by Gasteiger charge is -2.10. The summed E-state index contributed by atoms with van der Waals surface area (Å²) in [6.07, 6.45) is 1.32. The number of ketones is 1. The third-order valence-electron chi connectivity index (χ3n) is 3.78. The Morgan fingerprint density at radius 2 is 1.65 bits per heavy atom. The van der Waals surface area contributed by atoms with Gasteiger partial charge < -0.3 is 10.1 Å². The molecule has 1 N–H and O–H groups in total. The van der Waals surface area contributed by atoms with Crippen LogP contribution >= 0.6 is 15.9 Å². The highest BCUT2D eigenvalue weighted by Crippen LogP contribution is 2.14. The van der Waals surface area contributed by atoms with Gasteiger partial charge >= 0.3 is 0 Å². The van der Waals surface area contributed by atoms with E-state index in [0.717, 1.165) is 22.2 Å². The van der Waals surface area contributed by atoms with Crippen LogP contribution in [0.2, 0.25) is 0 Å². The van der Waals surface area contributed by atoms with E-state index in [0.29, 0.717) is 12.1 Å². The van der Waals surface area contributed by atoms with Crippen molar-refractivity contribution in [1.29, 1.82) is 0 Å². The Kier molecular flexibility index (Phi) is 7.85. The Balaban J connectivity index is 1.68. The van der Waals surface area contributed by atoms with E-state index in [9.17, 15) is 9.59 Å². The molecule has 2 aromatic carbocycles. The first kappa shape index (κ1) is 20.2. The zero-order chi connectivity index (χ0) is 18.9. The summed E-state index contributed by atoms with van der Waals surface area (Å²) in [7, 11) is 0. The van der Waals surface area contributed by atoms with Crippen LogP contribution in [0.15, 0.2) is 53.0 Å². The molecule has 2 aromatic rings. The number of rotatable bonds is 9. The number of halogens is 1. The predicted molar refractivity (Wildman–Crippen MR) is 107 cm³/mol. The number of hydrogen-bond acceptors (Lipinski definition) is 3. The van der Waals surface area contributed by atoms with Gasteiger partial charge in [-0.15, -0.1) is 0 Å². The van der Waals surface area contributed by atoms with Crippen LogP contribution in [0.1, 0.15) is 42.6 Å². The fourth-order valence-corrected chi connectivity index (χ4v) is 2.71. The van der Waals surface area contributed by atoms with Crippen LogP contribution in [0.4, 0.5) is 0 Å². The van der Waals surface area contributed by atoms with E-state index in [1.807, 2.05) is 50.2 Å². The molecular formula is C21H24BrNO3. The largest absolute Gasteiger partial charge is 0.491 e. The number of Topliss-reactive ketones (excluding diaryl/α,β-unsaturated/α-hetero) is 1. The molecule has 0 aliphatic rings. The molecule has 0 spiro atoms. The van der Waals surface area contributed by atoms with Gasteiger partial charge in [-0.05, 0) is 50.1 Å². The summed E-state index contributed by atoms with van der Waals surface area (Å²) < 4.78 is 6.53. The first-order chi connectivity index (χ1) is 12.4. The van der Waals surface area contributed by atoms with Gasteiger partial charge in [-0.3, -0.25) is 9.59 Å². The molecule has 0 aromatic heterocycles. The van der Waals surface area contributed by atoms with Gasteiger partial charge in [-0.1, -0.05) is 40.2 Å². The summed E-state index contributed by atoms with van der Waals surface area (Å²) in [5, 5.41) is 2.86. The first-order valence-electron chi connectivity index (χ1n) is 8.75. The molecule has 0 saturated carbocycles. The van der Waals surface area contributed by atoms with Crippen molar-refractivity contribution in [3.8, 4) is 5.75 Å². The van der Waals surface area contributed by atoms with Gasteiger partial charge in [-0.25, -0.2) is 0 Å². The molecule has 1 amide bonds. The topological polar surface area (TPSA) is 55.4 Å². The molecule has 4 nitrogen and oxygen atoms in total.